The van der Waals surface area contributed by atoms with Gasteiger partial charge in [-0.05, 0) is 41.1 Å². The van der Waals surface area contributed by atoms with Gasteiger partial charge in [-0.15, -0.1) is 0 Å². The fourth-order valence-corrected chi connectivity index (χ4v) is 1.17. The molecule has 10 heavy (non-hydrogen) atoms. The molecule has 0 fully saturated rings. The third-order valence-corrected chi connectivity index (χ3v) is 2.37. The zero-order chi connectivity index (χ0) is 7.72. The first-order chi connectivity index (χ1) is 4.61. The molecule has 0 heterocycles. The SMILES string of the molecule is Cc1c(F)cc(F)cc1I. The van der Waals surface area contributed by atoms with Crippen molar-refractivity contribution < 1.29 is 8.78 Å². The van der Waals surface area contributed by atoms with Crippen LogP contribution in [-0.4, -0.2) is 0 Å². The number of hydrogen-bond acceptors (Lipinski definition) is 0. The Morgan fingerprint density at radius 2 is 1.90 bits per heavy atom. The van der Waals surface area contributed by atoms with E-state index in [2.05, 4.69) is 0 Å². The third kappa shape index (κ3) is 1.45. The van der Waals surface area contributed by atoms with Crippen molar-refractivity contribution >= 4 is 22.6 Å². The summed E-state index contributed by atoms with van der Waals surface area (Å²) < 4.78 is 25.6. The Kier molecular flexibility index (Phi) is 2.23. The average Bonchev–Trinajstić information content (AvgIpc) is 1.82. The normalized spacial score (nSPS) is 10.0. The highest BCUT2D eigenvalue weighted by molar-refractivity contribution is 14.1. The molecule has 0 atom stereocenters. The Morgan fingerprint density at radius 3 is 2.40 bits per heavy atom. The Hall–Kier alpha value is -0.190. The molecule has 0 aliphatic rings. The lowest BCUT2D eigenvalue weighted by Gasteiger charge is -1.98. The van der Waals surface area contributed by atoms with Gasteiger partial charge >= 0.3 is 0 Å². The van der Waals surface area contributed by atoms with Gasteiger partial charge in [0.25, 0.3) is 0 Å². The van der Waals surface area contributed by atoms with Gasteiger partial charge in [0.1, 0.15) is 11.6 Å². The second-order valence-corrected chi connectivity index (χ2v) is 3.16. The van der Waals surface area contributed by atoms with E-state index in [9.17, 15) is 8.78 Å². The molecule has 0 N–H and O–H groups in total. The molecule has 0 spiro atoms. The highest BCUT2D eigenvalue weighted by Crippen LogP contribution is 2.16. The Morgan fingerprint density at radius 1 is 1.30 bits per heavy atom. The zero-order valence-corrected chi connectivity index (χ0v) is 7.45. The second-order valence-electron chi connectivity index (χ2n) is 1.99. The topological polar surface area (TPSA) is 0 Å². The van der Waals surface area contributed by atoms with E-state index in [0.29, 0.717) is 9.13 Å². The van der Waals surface area contributed by atoms with Crippen molar-refractivity contribution in [3.05, 3.63) is 32.9 Å². The Balaban J connectivity index is 3.31. The summed E-state index contributed by atoms with van der Waals surface area (Å²) in [5, 5.41) is 0. The molecule has 0 aliphatic heterocycles. The maximum atomic E-state index is 12.6. The average molecular weight is 254 g/mol. The summed E-state index contributed by atoms with van der Waals surface area (Å²) in [7, 11) is 0. The molecular weight excluding hydrogens is 249 g/mol. The summed E-state index contributed by atoms with van der Waals surface area (Å²) in [5.74, 6) is -1.00. The zero-order valence-electron chi connectivity index (χ0n) is 5.29. The van der Waals surface area contributed by atoms with Crippen LogP contribution in [0.3, 0.4) is 0 Å². The van der Waals surface area contributed by atoms with E-state index >= 15 is 0 Å². The minimum Gasteiger partial charge on any atom is -0.207 e. The van der Waals surface area contributed by atoms with Gasteiger partial charge in [0, 0.05) is 9.64 Å². The van der Waals surface area contributed by atoms with E-state index in [4.69, 9.17) is 0 Å². The summed E-state index contributed by atoms with van der Waals surface area (Å²) in [6, 6.07) is 2.19. The van der Waals surface area contributed by atoms with Gasteiger partial charge in [0.15, 0.2) is 0 Å². The van der Waals surface area contributed by atoms with Crippen molar-refractivity contribution in [3.8, 4) is 0 Å². The van der Waals surface area contributed by atoms with Crippen LogP contribution in [0, 0.1) is 22.1 Å². The van der Waals surface area contributed by atoms with Crippen LogP contribution in [0.1, 0.15) is 5.56 Å². The van der Waals surface area contributed by atoms with E-state index in [1.54, 1.807) is 6.92 Å². The third-order valence-electron chi connectivity index (χ3n) is 1.25. The van der Waals surface area contributed by atoms with Gasteiger partial charge in [0.2, 0.25) is 0 Å². The fourth-order valence-electron chi connectivity index (χ4n) is 0.614. The summed E-state index contributed by atoms with van der Waals surface area (Å²) in [5.41, 5.74) is 0.502. The molecular formula is C7H5F2I. The molecule has 0 unspecified atom stereocenters. The first-order valence-electron chi connectivity index (χ1n) is 2.72. The molecule has 0 aliphatic carbocycles. The smallest absolute Gasteiger partial charge is 0.130 e. The number of benzene rings is 1. The second kappa shape index (κ2) is 2.82. The highest BCUT2D eigenvalue weighted by Gasteiger charge is 2.03. The number of hydrogen-bond donors (Lipinski definition) is 0. The Labute approximate surface area is 71.4 Å². The van der Waals surface area contributed by atoms with Gasteiger partial charge in [0.05, 0.1) is 0 Å². The van der Waals surface area contributed by atoms with E-state index in [1.165, 1.54) is 6.07 Å². The van der Waals surface area contributed by atoms with E-state index in [1.807, 2.05) is 22.6 Å². The molecule has 0 radical (unpaired) electrons. The minimum atomic E-state index is -0.521. The van der Waals surface area contributed by atoms with E-state index in [0.717, 1.165) is 6.07 Å². The first kappa shape index (κ1) is 7.91. The molecule has 0 nitrogen and oxygen atoms in total. The lowest BCUT2D eigenvalue weighted by Crippen LogP contribution is -1.88. The van der Waals surface area contributed by atoms with Gasteiger partial charge < -0.3 is 0 Å². The highest BCUT2D eigenvalue weighted by atomic mass is 127. The molecule has 0 amide bonds. The lowest BCUT2D eigenvalue weighted by atomic mass is 10.2. The van der Waals surface area contributed by atoms with Crippen LogP contribution >= 0.6 is 22.6 Å². The number of halogens is 3. The van der Waals surface area contributed by atoms with Crippen LogP contribution in [0.2, 0.25) is 0 Å². The number of rotatable bonds is 0. The molecule has 3 heteroatoms. The molecule has 0 saturated heterocycles. The Bertz CT molecular complexity index is 235. The van der Waals surface area contributed by atoms with Gasteiger partial charge in [-0.25, -0.2) is 8.78 Å². The van der Waals surface area contributed by atoms with Crippen molar-refractivity contribution in [1.82, 2.24) is 0 Å². The molecule has 0 aromatic heterocycles. The summed E-state index contributed by atoms with van der Waals surface area (Å²) in [6.45, 7) is 1.62. The van der Waals surface area contributed by atoms with Crippen LogP contribution < -0.4 is 0 Å². The maximum absolute atomic E-state index is 12.6. The lowest BCUT2D eigenvalue weighted by molar-refractivity contribution is 0.575. The van der Waals surface area contributed by atoms with Crippen molar-refractivity contribution in [3.63, 3.8) is 0 Å². The summed E-state index contributed by atoms with van der Waals surface area (Å²) in [6.07, 6.45) is 0. The van der Waals surface area contributed by atoms with Crippen LogP contribution in [-0.2, 0) is 0 Å². The predicted octanol–water partition coefficient (Wildman–Crippen LogP) is 2.88. The quantitative estimate of drug-likeness (QED) is 0.624. The van der Waals surface area contributed by atoms with Crippen LogP contribution in [0.25, 0.3) is 0 Å². The van der Waals surface area contributed by atoms with E-state index in [-0.39, 0.29) is 0 Å². The maximum Gasteiger partial charge on any atom is 0.130 e. The van der Waals surface area contributed by atoms with Gasteiger partial charge in [-0.1, -0.05) is 0 Å². The molecule has 1 aromatic carbocycles. The molecule has 1 rings (SSSR count). The molecule has 54 valence electrons. The first-order valence-corrected chi connectivity index (χ1v) is 3.80. The largest absolute Gasteiger partial charge is 0.207 e. The van der Waals surface area contributed by atoms with Gasteiger partial charge in [-0.2, -0.15) is 0 Å². The van der Waals surface area contributed by atoms with Crippen molar-refractivity contribution in [2.75, 3.05) is 0 Å². The van der Waals surface area contributed by atoms with Crippen LogP contribution in [0.5, 0.6) is 0 Å². The molecule has 0 bridgehead atoms. The fraction of sp³-hybridized carbons (Fsp3) is 0.143. The monoisotopic (exact) mass is 254 g/mol. The standard InChI is InChI=1S/C7H5F2I/c1-4-6(9)2-5(8)3-7(4)10/h2-3H,1H3. The van der Waals surface area contributed by atoms with Crippen LogP contribution in [0.15, 0.2) is 12.1 Å². The van der Waals surface area contributed by atoms with Crippen LogP contribution in [0.4, 0.5) is 8.78 Å². The minimum absolute atomic E-state index is 0.482. The van der Waals surface area contributed by atoms with Crippen molar-refractivity contribution in [2.45, 2.75) is 6.92 Å². The summed E-state index contributed by atoms with van der Waals surface area (Å²) in [4.78, 5) is 0. The predicted molar refractivity (Wildman–Crippen MR) is 43.8 cm³/mol. The van der Waals surface area contributed by atoms with Crippen molar-refractivity contribution in [1.29, 1.82) is 0 Å². The van der Waals surface area contributed by atoms with E-state index < -0.39 is 11.6 Å². The van der Waals surface area contributed by atoms with Crippen molar-refractivity contribution in [2.24, 2.45) is 0 Å². The molecule has 0 saturated carbocycles. The molecule has 1 aromatic rings. The summed E-state index contributed by atoms with van der Waals surface area (Å²) >= 11 is 1.90. The van der Waals surface area contributed by atoms with Gasteiger partial charge in [-0.3, -0.25) is 0 Å².